The van der Waals surface area contributed by atoms with Crippen LogP contribution in [0.3, 0.4) is 0 Å². The Morgan fingerprint density at radius 3 is 2.95 bits per heavy atom. The number of aryl methyl sites for hydroxylation is 1. The number of anilines is 1. The second-order valence-electron chi connectivity index (χ2n) is 4.36. The van der Waals surface area contributed by atoms with E-state index in [0.29, 0.717) is 19.4 Å². The number of nitrogens with one attached hydrogen (secondary N) is 1. The fraction of sp³-hybridized carbons (Fsp3) is 0.286. The fourth-order valence-electron chi connectivity index (χ4n) is 1.68. The van der Waals surface area contributed by atoms with Gasteiger partial charge in [0.25, 0.3) is 0 Å². The van der Waals surface area contributed by atoms with E-state index in [1.807, 2.05) is 42.1 Å². The molecule has 3 N–H and O–H groups in total. The minimum absolute atomic E-state index is 0.0108. The van der Waals surface area contributed by atoms with E-state index in [-0.39, 0.29) is 5.91 Å². The van der Waals surface area contributed by atoms with E-state index in [0.717, 1.165) is 15.7 Å². The number of nitrogens with zero attached hydrogens (tertiary/aromatic N) is 2. The smallest absolute Gasteiger partial charge is 0.224 e. The highest BCUT2D eigenvalue weighted by Crippen LogP contribution is 2.32. The number of hydrogen-bond donors (Lipinski definition) is 2. The molecule has 0 unspecified atom stereocenters. The first-order valence-electron chi connectivity index (χ1n) is 6.45. The average molecular weight is 290 g/mol. The van der Waals surface area contributed by atoms with Crippen LogP contribution in [0.4, 0.5) is 5.69 Å². The molecule has 2 rings (SSSR count). The molecule has 0 spiro atoms. The molecule has 1 heterocycles. The molecule has 20 heavy (non-hydrogen) atoms. The Bertz CT molecular complexity index is 582. The van der Waals surface area contributed by atoms with Crippen LogP contribution in [0.5, 0.6) is 0 Å². The standard InChI is InChI=1S/C14H18N4OS/c1-18-10-9-16-14(18)20-12-6-3-2-5-11(12)17-13(19)7-4-8-15/h2-3,5-6,9-10H,4,7-8,15H2,1H3,(H,17,19). The summed E-state index contributed by atoms with van der Waals surface area (Å²) in [5, 5.41) is 3.81. The predicted molar refractivity (Wildman–Crippen MR) is 80.7 cm³/mol. The summed E-state index contributed by atoms with van der Waals surface area (Å²) in [6.45, 7) is 0.525. The van der Waals surface area contributed by atoms with E-state index >= 15 is 0 Å². The van der Waals surface area contributed by atoms with Gasteiger partial charge in [0.05, 0.1) is 5.69 Å². The van der Waals surface area contributed by atoms with Crippen molar-refractivity contribution in [3.05, 3.63) is 36.7 Å². The molecular formula is C14H18N4OS. The number of imidazole rings is 1. The Morgan fingerprint density at radius 1 is 1.45 bits per heavy atom. The van der Waals surface area contributed by atoms with E-state index in [1.54, 1.807) is 6.20 Å². The highest BCUT2D eigenvalue weighted by atomic mass is 32.2. The molecule has 6 heteroatoms. The van der Waals surface area contributed by atoms with E-state index in [9.17, 15) is 4.79 Å². The molecule has 0 saturated heterocycles. The third-order valence-electron chi connectivity index (χ3n) is 2.75. The monoisotopic (exact) mass is 290 g/mol. The third kappa shape index (κ3) is 3.85. The molecule has 0 atom stereocenters. The number of amides is 1. The largest absolute Gasteiger partial charge is 0.330 e. The van der Waals surface area contributed by atoms with Gasteiger partial charge >= 0.3 is 0 Å². The Hall–Kier alpha value is -1.79. The minimum atomic E-state index is -0.0108. The first-order valence-corrected chi connectivity index (χ1v) is 7.26. The molecular weight excluding hydrogens is 272 g/mol. The van der Waals surface area contributed by atoms with Gasteiger partial charge in [-0.25, -0.2) is 4.98 Å². The lowest BCUT2D eigenvalue weighted by atomic mass is 10.2. The van der Waals surface area contributed by atoms with Gasteiger partial charge in [-0.2, -0.15) is 0 Å². The summed E-state index contributed by atoms with van der Waals surface area (Å²) in [6.07, 6.45) is 4.79. The number of benzene rings is 1. The normalized spacial score (nSPS) is 10.5. The summed E-state index contributed by atoms with van der Waals surface area (Å²) in [7, 11) is 1.94. The number of nitrogens with two attached hydrogens (primary N) is 1. The molecule has 0 fully saturated rings. The first-order chi connectivity index (χ1) is 9.70. The number of rotatable bonds is 6. The second kappa shape index (κ2) is 7.12. The van der Waals surface area contributed by atoms with Gasteiger partial charge in [0.1, 0.15) is 0 Å². The molecule has 1 amide bonds. The van der Waals surface area contributed by atoms with Gasteiger partial charge in [0.15, 0.2) is 5.16 Å². The van der Waals surface area contributed by atoms with E-state index in [2.05, 4.69) is 10.3 Å². The summed E-state index contributed by atoms with van der Waals surface area (Å²) in [4.78, 5) is 17.0. The van der Waals surface area contributed by atoms with E-state index < -0.39 is 0 Å². The molecule has 0 aliphatic heterocycles. The van der Waals surface area contributed by atoms with Gasteiger partial charge in [-0.3, -0.25) is 4.79 Å². The van der Waals surface area contributed by atoms with Crippen LogP contribution in [0.25, 0.3) is 0 Å². The van der Waals surface area contributed by atoms with Crippen molar-refractivity contribution in [2.75, 3.05) is 11.9 Å². The van der Waals surface area contributed by atoms with Gasteiger partial charge in [-0.05, 0) is 36.9 Å². The van der Waals surface area contributed by atoms with Gasteiger partial charge in [0.2, 0.25) is 5.91 Å². The minimum Gasteiger partial charge on any atom is -0.330 e. The molecule has 1 aromatic carbocycles. The van der Waals surface area contributed by atoms with Crippen molar-refractivity contribution < 1.29 is 4.79 Å². The predicted octanol–water partition coefficient (Wildman–Crippen LogP) is 2.25. The van der Waals surface area contributed by atoms with Crippen molar-refractivity contribution in [2.24, 2.45) is 12.8 Å². The van der Waals surface area contributed by atoms with Crippen LogP contribution in [-0.4, -0.2) is 22.0 Å². The molecule has 2 aromatic rings. The number of carbonyl (C=O) groups is 1. The summed E-state index contributed by atoms with van der Waals surface area (Å²) >= 11 is 1.53. The van der Waals surface area contributed by atoms with Crippen LogP contribution < -0.4 is 11.1 Å². The molecule has 5 nitrogen and oxygen atoms in total. The maximum atomic E-state index is 11.8. The molecule has 0 aliphatic rings. The molecule has 1 aromatic heterocycles. The zero-order valence-corrected chi connectivity index (χ0v) is 12.2. The molecule has 0 bridgehead atoms. The number of para-hydroxylation sites is 1. The number of carbonyl (C=O) groups excluding carboxylic acids is 1. The van der Waals surface area contributed by atoms with Crippen LogP contribution in [0.1, 0.15) is 12.8 Å². The summed E-state index contributed by atoms with van der Waals surface area (Å²) in [6, 6.07) is 7.71. The maximum absolute atomic E-state index is 11.8. The average Bonchev–Trinajstić information content (AvgIpc) is 2.84. The molecule has 0 aliphatic carbocycles. The zero-order valence-electron chi connectivity index (χ0n) is 11.4. The van der Waals surface area contributed by atoms with Crippen LogP contribution in [0, 0.1) is 0 Å². The first kappa shape index (κ1) is 14.6. The summed E-state index contributed by atoms with van der Waals surface area (Å²) < 4.78 is 1.94. The lowest BCUT2D eigenvalue weighted by molar-refractivity contribution is -0.116. The van der Waals surface area contributed by atoms with Gasteiger partial charge in [0, 0.05) is 30.8 Å². The van der Waals surface area contributed by atoms with Crippen molar-refractivity contribution in [1.29, 1.82) is 0 Å². The van der Waals surface area contributed by atoms with Crippen LogP contribution in [-0.2, 0) is 11.8 Å². The number of aromatic nitrogens is 2. The Balaban J connectivity index is 2.10. The topological polar surface area (TPSA) is 72.9 Å². The van der Waals surface area contributed by atoms with Gasteiger partial charge in [-0.1, -0.05) is 12.1 Å². The van der Waals surface area contributed by atoms with Crippen LogP contribution >= 0.6 is 11.8 Å². The van der Waals surface area contributed by atoms with Crippen molar-refractivity contribution in [3.63, 3.8) is 0 Å². The quantitative estimate of drug-likeness (QED) is 0.856. The lowest BCUT2D eigenvalue weighted by Crippen LogP contribution is -2.13. The Labute approximate surface area is 122 Å². The maximum Gasteiger partial charge on any atom is 0.224 e. The highest BCUT2D eigenvalue weighted by molar-refractivity contribution is 7.99. The Kier molecular flexibility index (Phi) is 5.20. The second-order valence-corrected chi connectivity index (χ2v) is 5.37. The van der Waals surface area contributed by atoms with Gasteiger partial charge < -0.3 is 15.6 Å². The van der Waals surface area contributed by atoms with Crippen LogP contribution in [0.2, 0.25) is 0 Å². The summed E-state index contributed by atoms with van der Waals surface area (Å²) in [5.74, 6) is -0.0108. The van der Waals surface area contributed by atoms with E-state index in [1.165, 1.54) is 11.8 Å². The molecule has 106 valence electrons. The van der Waals surface area contributed by atoms with Crippen molar-refractivity contribution in [3.8, 4) is 0 Å². The van der Waals surface area contributed by atoms with Crippen molar-refractivity contribution in [1.82, 2.24) is 9.55 Å². The van der Waals surface area contributed by atoms with Crippen molar-refractivity contribution >= 4 is 23.4 Å². The number of hydrogen-bond acceptors (Lipinski definition) is 4. The molecule has 0 saturated carbocycles. The molecule has 0 radical (unpaired) electrons. The fourth-order valence-corrected chi connectivity index (χ4v) is 2.57. The zero-order chi connectivity index (χ0) is 14.4. The highest BCUT2D eigenvalue weighted by Gasteiger charge is 2.09. The Morgan fingerprint density at radius 2 is 2.25 bits per heavy atom. The van der Waals surface area contributed by atoms with Gasteiger partial charge in [-0.15, -0.1) is 0 Å². The third-order valence-corrected chi connectivity index (χ3v) is 3.90. The van der Waals surface area contributed by atoms with Crippen LogP contribution in [0.15, 0.2) is 46.7 Å². The lowest BCUT2D eigenvalue weighted by Gasteiger charge is -2.10. The van der Waals surface area contributed by atoms with E-state index in [4.69, 9.17) is 5.73 Å². The van der Waals surface area contributed by atoms with Crippen molar-refractivity contribution in [2.45, 2.75) is 22.9 Å². The SMILES string of the molecule is Cn1ccnc1Sc1ccccc1NC(=O)CCCN. The summed E-state index contributed by atoms with van der Waals surface area (Å²) in [5.41, 5.74) is 6.22.